The first-order valence-corrected chi connectivity index (χ1v) is 5.35. The number of carbonyl (C=O) groups excluding carboxylic acids is 1. The standard InChI is InChI=1S/C13H22O/c1-5-8-9-12(14)13(4,10-6-2)11-7-3/h6-7H,2-3,5,8-11H2,1,4H3. The zero-order valence-corrected chi connectivity index (χ0v) is 9.51. The highest BCUT2D eigenvalue weighted by Gasteiger charge is 2.29. The molecule has 0 saturated heterocycles. The van der Waals surface area contributed by atoms with Crippen LogP contribution in [-0.4, -0.2) is 5.78 Å². The smallest absolute Gasteiger partial charge is 0.139 e. The molecule has 0 rings (SSSR count). The van der Waals surface area contributed by atoms with Gasteiger partial charge in [0.1, 0.15) is 5.78 Å². The second-order valence-corrected chi connectivity index (χ2v) is 4.07. The summed E-state index contributed by atoms with van der Waals surface area (Å²) in [7, 11) is 0. The van der Waals surface area contributed by atoms with Crippen LogP contribution in [0.2, 0.25) is 0 Å². The van der Waals surface area contributed by atoms with E-state index in [4.69, 9.17) is 0 Å². The van der Waals surface area contributed by atoms with Crippen LogP contribution in [0.3, 0.4) is 0 Å². The highest BCUT2D eigenvalue weighted by atomic mass is 16.1. The molecule has 0 heterocycles. The third-order valence-electron chi connectivity index (χ3n) is 2.62. The van der Waals surface area contributed by atoms with Crippen LogP contribution in [-0.2, 0) is 4.79 Å². The van der Waals surface area contributed by atoms with Gasteiger partial charge in [0.15, 0.2) is 0 Å². The lowest BCUT2D eigenvalue weighted by Crippen LogP contribution is -2.26. The molecule has 0 fully saturated rings. The van der Waals surface area contributed by atoms with Crippen LogP contribution in [0.25, 0.3) is 0 Å². The maximum absolute atomic E-state index is 11.9. The van der Waals surface area contributed by atoms with Crippen LogP contribution in [0, 0.1) is 5.41 Å². The molecule has 0 radical (unpaired) electrons. The quantitative estimate of drug-likeness (QED) is 0.535. The van der Waals surface area contributed by atoms with Crippen molar-refractivity contribution >= 4 is 5.78 Å². The van der Waals surface area contributed by atoms with E-state index in [-0.39, 0.29) is 5.41 Å². The average molecular weight is 194 g/mol. The Morgan fingerprint density at radius 2 is 1.79 bits per heavy atom. The van der Waals surface area contributed by atoms with Crippen molar-refractivity contribution in [3.63, 3.8) is 0 Å². The van der Waals surface area contributed by atoms with Gasteiger partial charge in [0.2, 0.25) is 0 Å². The molecule has 0 saturated carbocycles. The van der Waals surface area contributed by atoms with E-state index in [9.17, 15) is 4.79 Å². The van der Waals surface area contributed by atoms with Crippen molar-refractivity contribution in [3.05, 3.63) is 25.3 Å². The Kier molecular flexibility index (Phi) is 6.18. The average Bonchev–Trinajstić information content (AvgIpc) is 2.15. The summed E-state index contributed by atoms with van der Waals surface area (Å²) < 4.78 is 0. The Labute approximate surface area is 87.9 Å². The molecule has 0 amide bonds. The largest absolute Gasteiger partial charge is 0.299 e. The molecule has 0 aromatic rings. The zero-order chi connectivity index (χ0) is 11.0. The number of allylic oxidation sites excluding steroid dienone is 2. The molecule has 0 atom stereocenters. The number of rotatable bonds is 8. The summed E-state index contributed by atoms with van der Waals surface area (Å²) in [5.41, 5.74) is -0.265. The van der Waals surface area contributed by atoms with Crippen LogP contribution in [0.4, 0.5) is 0 Å². The fourth-order valence-electron chi connectivity index (χ4n) is 1.59. The van der Waals surface area contributed by atoms with Crippen molar-refractivity contribution in [2.75, 3.05) is 0 Å². The molecular formula is C13H22O. The molecule has 0 aromatic carbocycles. The van der Waals surface area contributed by atoms with E-state index in [2.05, 4.69) is 20.1 Å². The van der Waals surface area contributed by atoms with Gasteiger partial charge in [-0.15, -0.1) is 13.2 Å². The Hall–Kier alpha value is -0.850. The van der Waals surface area contributed by atoms with E-state index in [1.807, 2.05) is 19.1 Å². The maximum atomic E-state index is 11.9. The lowest BCUT2D eigenvalue weighted by Gasteiger charge is -2.25. The predicted molar refractivity (Wildman–Crippen MR) is 62.3 cm³/mol. The Morgan fingerprint density at radius 3 is 2.14 bits per heavy atom. The van der Waals surface area contributed by atoms with E-state index in [0.29, 0.717) is 12.2 Å². The number of carbonyl (C=O) groups is 1. The third-order valence-corrected chi connectivity index (χ3v) is 2.62. The number of ketones is 1. The number of unbranched alkanes of at least 4 members (excludes halogenated alkanes) is 1. The summed E-state index contributed by atoms with van der Waals surface area (Å²) in [5, 5.41) is 0. The van der Waals surface area contributed by atoms with E-state index >= 15 is 0 Å². The van der Waals surface area contributed by atoms with Crippen LogP contribution < -0.4 is 0 Å². The second kappa shape index (κ2) is 6.58. The molecule has 0 spiro atoms. The van der Waals surface area contributed by atoms with Crippen molar-refractivity contribution in [1.29, 1.82) is 0 Å². The molecule has 0 aliphatic carbocycles. The van der Waals surface area contributed by atoms with Gasteiger partial charge >= 0.3 is 0 Å². The summed E-state index contributed by atoms with van der Waals surface area (Å²) in [5.74, 6) is 0.346. The predicted octanol–water partition coefficient (Wildman–Crippen LogP) is 3.90. The van der Waals surface area contributed by atoms with Crippen LogP contribution in [0.1, 0.15) is 46.0 Å². The van der Waals surface area contributed by atoms with Gasteiger partial charge in [0.05, 0.1) is 0 Å². The molecule has 0 bridgehead atoms. The van der Waals surface area contributed by atoms with Gasteiger partial charge in [0, 0.05) is 11.8 Å². The van der Waals surface area contributed by atoms with Crippen LogP contribution in [0.5, 0.6) is 0 Å². The van der Waals surface area contributed by atoms with E-state index < -0.39 is 0 Å². The first kappa shape index (κ1) is 13.2. The van der Waals surface area contributed by atoms with Gasteiger partial charge in [-0.25, -0.2) is 0 Å². The normalized spacial score (nSPS) is 11.0. The first-order valence-electron chi connectivity index (χ1n) is 5.35. The molecule has 0 N–H and O–H groups in total. The molecule has 0 aliphatic rings. The van der Waals surface area contributed by atoms with E-state index in [1.54, 1.807) is 0 Å². The Balaban J connectivity index is 4.37. The summed E-state index contributed by atoms with van der Waals surface area (Å²) in [6, 6.07) is 0. The summed E-state index contributed by atoms with van der Waals surface area (Å²) in [4.78, 5) is 11.9. The number of Topliss-reactive ketones (excluding diaryl/α,β-unsaturated/α-hetero) is 1. The third kappa shape index (κ3) is 3.91. The van der Waals surface area contributed by atoms with Crippen molar-refractivity contribution in [2.24, 2.45) is 5.41 Å². The van der Waals surface area contributed by atoms with Crippen LogP contribution in [0.15, 0.2) is 25.3 Å². The second-order valence-electron chi connectivity index (χ2n) is 4.07. The highest BCUT2D eigenvalue weighted by Crippen LogP contribution is 2.30. The van der Waals surface area contributed by atoms with Gasteiger partial charge in [-0.3, -0.25) is 4.79 Å². The van der Waals surface area contributed by atoms with E-state index in [1.165, 1.54) is 0 Å². The summed E-state index contributed by atoms with van der Waals surface area (Å²) >= 11 is 0. The summed E-state index contributed by atoms with van der Waals surface area (Å²) in [6.07, 6.45) is 7.91. The van der Waals surface area contributed by atoms with Crippen molar-refractivity contribution < 1.29 is 4.79 Å². The topological polar surface area (TPSA) is 17.1 Å². The highest BCUT2D eigenvalue weighted by molar-refractivity contribution is 5.84. The molecule has 0 unspecified atom stereocenters. The monoisotopic (exact) mass is 194 g/mol. The van der Waals surface area contributed by atoms with Gasteiger partial charge in [0.25, 0.3) is 0 Å². The minimum absolute atomic E-state index is 0.265. The van der Waals surface area contributed by atoms with Gasteiger partial charge in [-0.1, -0.05) is 32.4 Å². The molecule has 0 aliphatic heterocycles. The molecule has 14 heavy (non-hydrogen) atoms. The molecule has 1 heteroatoms. The fraction of sp³-hybridized carbons (Fsp3) is 0.615. The van der Waals surface area contributed by atoms with Crippen LogP contribution >= 0.6 is 0 Å². The lowest BCUT2D eigenvalue weighted by atomic mass is 9.77. The minimum Gasteiger partial charge on any atom is -0.299 e. The zero-order valence-electron chi connectivity index (χ0n) is 9.51. The molecule has 1 nitrogen and oxygen atoms in total. The Bertz CT molecular complexity index is 193. The van der Waals surface area contributed by atoms with Gasteiger partial charge in [-0.05, 0) is 19.3 Å². The Morgan fingerprint density at radius 1 is 1.29 bits per heavy atom. The maximum Gasteiger partial charge on any atom is 0.139 e. The van der Waals surface area contributed by atoms with E-state index in [0.717, 1.165) is 25.7 Å². The van der Waals surface area contributed by atoms with Crippen molar-refractivity contribution in [2.45, 2.75) is 46.0 Å². The first-order chi connectivity index (χ1) is 6.60. The minimum atomic E-state index is -0.265. The van der Waals surface area contributed by atoms with Gasteiger partial charge in [-0.2, -0.15) is 0 Å². The molecular weight excluding hydrogens is 172 g/mol. The summed E-state index contributed by atoms with van der Waals surface area (Å²) in [6.45, 7) is 11.5. The lowest BCUT2D eigenvalue weighted by molar-refractivity contribution is -0.127. The molecule has 0 aromatic heterocycles. The SMILES string of the molecule is C=CCC(C)(CC=C)C(=O)CCCC. The molecule has 80 valence electrons. The van der Waals surface area contributed by atoms with Crippen molar-refractivity contribution in [3.8, 4) is 0 Å². The number of hydrogen-bond donors (Lipinski definition) is 0. The number of hydrogen-bond acceptors (Lipinski definition) is 1. The fourth-order valence-corrected chi connectivity index (χ4v) is 1.59. The van der Waals surface area contributed by atoms with Gasteiger partial charge < -0.3 is 0 Å². The van der Waals surface area contributed by atoms with Crippen molar-refractivity contribution in [1.82, 2.24) is 0 Å².